The molecule has 1 fully saturated rings. The van der Waals surface area contributed by atoms with Crippen LogP contribution in [0, 0.1) is 12.3 Å². The first kappa shape index (κ1) is 24.7. The molecule has 0 saturated heterocycles. The maximum atomic E-state index is 12.7. The Morgan fingerprint density at radius 1 is 1.14 bits per heavy atom. The normalized spacial score (nSPS) is 15.7. The zero-order chi connectivity index (χ0) is 25.5. The van der Waals surface area contributed by atoms with Gasteiger partial charge in [-0.2, -0.15) is 0 Å². The molecule has 184 valence electrons. The first-order valence-electron chi connectivity index (χ1n) is 11.6. The van der Waals surface area contributed by atoms with Crippen LogP contribution in [0.15, 0.2) is 40.1 Å². The summed E-state index contributed by atoms with van der Waals surface area (Å²) < 4.78 is 0. The van der Waals surface area contributed by atoms with Gasteiger partial charge in [-0.15, -0.1) is 0 Å². The van der Waals surface area contributed by atoms with Crippen LogP contribution in [0.25, 0.3) is 0 Å². The minimum absolute atomic E-state index is 0.0380. The summed E-state index contributed by atoms with van der Waals surface area (Å²) in [7, 11) is 3.08. The van der Waals surface area contributed by atoms with Crippen molar-refractivity contribution in [1.29, 1.82) is 0 Å². The van der Waals surface area contributed by atoms with E-state index in [1.165, 1.54) is 17.0 Å². The second-order valence-electron chi connectivity index (χ2n) is 9.70. The number of carbonyl (C=O) groups excluding carboxylic acids is 1. The zero-order valence-corrected chi connectivity index (χ0v) is 21.0. The predicted molar refractivity (Wildman–Crippen MR) is 138 cm³/mol. The van der Waals surface area contributed by atoms with Crippen molar-refractivity contribution in [3.8, 4) is 5.75 Å². The third-order valence-corrected chi connectivity index (χ3v) is 7.29. The molecule has 0 radical (unpaired) electrons. The van der Waals surface area contributed by atoms with E-state index in [0.29, 0.717) is 0 Å². The van der Waals surface area contributed by atoms with Crippen LogP contribution in [0.4, 0.5) is 17.1 Å². The molecule has 4 rings (SSSR count). The number of phenols is 1. The van der Waals surface area contributed by atoms with E-state index in [-0.39, 0.29) is 39.1 Å². The van der Waals surface area contributed by atoms with Crippen molar-refractivity contribution in [1.82, 2.24) is 9.88 Å². The quantitative estimate of drug-likeness (QED) is 0.325. The van der Waals surface area contributed by atoms with Crippen LogP contribution in [0.2, 0.25) is 5.02 Å². The largest absolute Gasteiger partial charge is 0.505 e. The van der Waals surface area contributed by atoms with Gasteiger partial charge < -0.3 is 20.6 Å². The van der Waals surface area contributed by atoms with Gasteiger partial charge >= 0.3 is 0 Å². The highest BCUT2D eigenvalue weighted by Gasteiger charge is 2.41. The summed E-state index contributed by atoms with van der Waals surface area (Å²) in [5, 5.41) is 17.0. The molecule has 1 aliphatic carbocycles. The summed E-state index contributed by atoms with van der Waals surface area (Å²) in [5.74, 6) is -0.880. The molecular weight excluding hydrogens is 468 g/mol. The molecule has 1 atom stereocenters. The lowest BCUT2D eigenvalue weighted by Crippen LogP contribution is -2.40. The molecule has 0 unspecified atom stereocenters. The van der Waals surface area contributed by atoms with Crippen molar-refractivity contribution in [3.63, 3.8) is 0 Å². The minimum atomic E-state index is -0.699. The predicted octanol–water partition coefficient (Wildman–Crippen LogP) is 4.52. The number of aryl methyl sites for hydroxylation is 1. The van der Waals surface area contributed by atoms with Crippen LogP contribution in [-0.2, 0) is 0 Å². The topological polar surface area (TPSA) is 112 Å². The standard InChI is InChI=1S/C26H29ClN4O4/c1-14-8-7-13-28-18(14)24(26(2)11-5-6-12-26)30-20-19(22(33)23(20)34)29-16-10-9-15(27)17(21(16)32)25(35)31(3)4/h7-10,13,24,29-30,32H,5-6,11-12H2,1-4H3/t24-/m0/s1. The number of pyridine rings is 1. The fourth-order valence-electron chi connectivity index (χ4n) is 4.87. The SMILES string of the molecule is Cc1cccnc1[C@H](Nc1c(Nc2ccc(Cl)c(C(=O)N(C)C)c2O)c(=O)c1=O)C1(C)CCCC1. The fourth-order valence-corrected chi connectivity index (χ4v) is 5.10. The number of aromatic nitrogens is 1. The van der Waals surface area contributed by atoms with Gasteiger partial charge in [-0.05, 0) is 48.9 Å². The summed E-state index contributed by atoms with van der Waals surface area (Å²) in [6.45, 7) is 4.15. The van der Waals surface area contributed by atoms with Crippen molar-refractivity contribution < 1.29 is 9.90 Å². The Balaban J connectivity index is 1.72. The van der Waals surface area contributed by atoms with Crippen molar-refractivity contribution in [2.24, 2.45) is 5.41 Å². The van der Waals surface area contributed by atoms with Crippen molar-refractivity contribution >= 4 is 34.6 Å². The molecule has 35 heavy (non-hydrogen) atoms. The zero-order valence-electron chi connectivity index (χ0n) is 20.2. The number of halogens is 1. The summed E-state index contributed by atoms with van der Waals surface area (Å²) in [4.78, 5) is 43.6. The van der Waals surface area contributed by atoms with Gasteiger partial charge in [0.15, 0.2) is 5.75 Å². The number of carbonyl (C=O) groups is 1. The number of phenolic OH excluding ortho intramolecular Hbond substituents is 1. The van der Waals surface area contributed by atoms with E-state index in [1.807, 2.05) is 19.1 Å². The Labute approximate surface area is 208 Å². The number of anilines is 3. The van der Waals surface area contributed by atoms with Gasteiger partial charge in [-0.3, -0.25) is 19.4 Å². The fraction of sp³-hybridized carbons (Fsp3) is 0.385. The number of rotatable bonds is 7. The first-order valence-corrected chi connectivity index (χ1v) is 11.9. The van der Waals surface area contributed by atoms with Crippen LogP contribution in [0.3, 0.4) is 0 Å². The van der Waals surface area contributed by atoms with Crippen molar-refractivity contribution in [3.05, 3.63) is 72.8 Å². The number of hydrogen-bond donors (Lipinski definition) is 3. The van der Waals surface area contributed by atoms with E-state index in [0.717, 1.165) is 36.9 Å². The Bertz CT molecular complexity index is 1350. The Morgan fingerprint density at radius 2 is 1.80 bits per heavy atom. The van der Waals surface area contributed by atoms with E-state index < -0.39 is 22.5 Å². The molecule has 0 bridgehead atoms. The summed E-state index contributed by atoms with van der Waals surface area (Å²) >= 11 is 6.16. The molecule has 0 spiro atoms. The van der Waals surface area contributed by atoms with Gasteiger partial charge in [0.2, 0.25) is 0 Å². The summed E-state index contributed by atoms with van der Waals surface area (Å²) in [6.07, 6.45) is 5.82. The van der Waals surface area contributed by atoms with Crippen LogP contribution in [0.5, 0.6) is 5.75 Å². The van der Waals surface area contributed by atoms with Gasteiger partial charge in [0.25, 0.3) is 16.8 Å². The molecule has 1 aliphatic rings. The van der Waals surface area contributed by atoms with E-state index >= 15 is 0 Å². The van der Waals surface area contributed by atoms with Gasteiger partial charge in [0.1, 0.15) is 16.9 Å². The smallest absolute Gasteiger partial charge is 0.258 e. The van der Waals surface area contributed by atoms with E-state index in [4.69, 9.17) is 11.6 Å². The van der Waals surface area contributed by atoms with Gasteiger partial charge in [0.05, 0.1) is 22.4 Å². The highest BCUT2D eigenvalue weighted by atomic mass is 35.5. The number of nitrogens with zero attached hydrogens (tertiary/aromatic N) is 2. The lowest BCUT2D eigenvalue weighted by atomic mass is 9.77. The second kappa shape index (κ2) is 9.34. The molecule has 0 aliphatic heterocycles. The number of aromatic hydroxyl groups is 1. The highest BCUT2D eigenvalue weighted by Crippen LogP contribution is 2.49. The average Bonchev–Trinajstić information content (AvgIpc) is 3.27. The monoisotopic (exact) mass is 496 g/mol. The van der Waals surface area contributed by atoms with Gasteiger partial charge in [0, 0.05) is 20.3 Å². The van der Waals surface area contributed by atoms with E-state index in [1.54, 1.807) is 20.3 Å². The maximum Gasteiger partial charge on any atom is 0.258 e. The number of amides is 1. The van der Waals surface area contributed by atoms with Crippen LogP contribution in [0.1, 0.15) is 60.3 Å². The van der Waals surface area contributed by atoms with Gasteiger partial charge in [-0.25, -0.2) is 0 Å². The van der Waals surface area contributed by atoms with E-state index in [2.05, 4.69) is 22.5 Å². The molecule has 1 saturated carbocycles. The molecule has 3 N–H and O–H groups in total. The lowest BCUT2D eigenvalue weighted by Gasteiger charge is -2.36. The number of benzene rings is 1. The number of nitrogens with one attached hydrogen (secondary N) is 2. The third-order valence-electron chi connectivity index (χ3n) is 6.97. The molecule has 9 heteroatoms. The van der Waals surface area contributed by atoms with Crippen LogP contribution < -0.4 is 21.5 Å². The molecule has 1 aromatic heterocycles. The van der Waals surface area contributed by atoms with Crippen LogP contribution >= 0.6 is 11.6 Å². The third kappa shape index (κ3) is 4.38. The summed E-state index contributed by atoms with van der Waals surface area (Å²) in [6, 6.07) is 6.49. The Kier molecular flexibility index (Phi) is 6.60. The van der Waals surface area contributed by atoms with Crippen LogP contribution in [-0.4, -0.2) is 35.0 Å². The average molecular weight is 497 g/mol. The molecular formula is C26H29ClN4O4. The molecule has 1 heterocycles. The second-order valence-corrected chi connectivity index (χ2v) is 10.1. The molecule has 3 aromatic rings. The molecule has 8 nitrogen and oxygen atoms in total. The van der Waals surface area contributed by atoms with E-state index in [9.17, 15) is 19.5 Å². The first-order chi connectivity index (χ1) is 16.5. The lowest BCUT2D eigenvalue weighted by molar-refractivity contribution is 0.0825. The molecule has 2 aromatic carbocycles. The molecule has 1 amide bonds. The highest BCUT2D eigenvalue weighted by molar-refractivity contribution is 6.34. The minimum Gasteiger partial charge on any atom is -0.505 e. The number of hydrogen-bond acceptors (Lipinski definition) is 7. The Hall–Kier alpha value is -3.39. The van der Waals surface area contributed by atoms with Crippen molar-refractivity contribution in [2.75, 3.05) is 24.7 Å². The maximum absolute atomic E-state index is 12.7. The van der Waals surface area contributed by atoms with Gasteiger partial charge in [-0.1, -0.05) is 37.4 Å². The van der Waals surface area contributed by atoms with Crippen molar-refractivity contribution in [2.45, 2.75) is 45.6 Å². The summed E-state index contributed by atoms with van der Waals surface area (Å²) in [5.41, 5.74) is 0.551. The Morgan fingerprint density at radius 3 is 2.43 bits per heavy atom.